The monoisotopic (exact) mass is 448 g/mol. The summed E-state index contributed by atoms with van der Waals surface area (Å²) in [6.07, 6.45) is 1.59. The average Bonchev–Trinajstić information content (AvgIpc) is 3.11. The van der Waals surface area contributed by atoms with Gasteiger partial charge in [-0.05, 0) is 62.6 Å². The van der Waals surface area contributed by atoms with E-state index in [0.29, 0.717) is 12.4 Å². The summed E-state index contributed by atoms with van der Waals surface area (Å²) in [6, 6.07) is 14.0. The SMILES string of the molecule is CCOc1ccc(-c2c(C)sc3ncnc(SCC(=O)c4ccc(C)c(C)c4)c23)cc1. The number of aryl methyl sites for hydroxylation is 3. The van der Waals surface area contributed by atoms with Gasteiger partial charge in [-0.2, -0.15) is 0 Å². The Morgan fingerprint density at radius 1 is 1.03 bits per heavy atom. The van der Waals surface area contributed by atoms with Crippen molar-refractivity contribution in [3.8, 4) is 16.9 Å². The molecular weight excluding hydrogens is 424 g/mol. The van der Waals surface area contributed by atoms with Crippen LogP contribution in [-0.4, -0.2) is 28.1 Å². The molecule has 2 aromatic carbocycles. The number of hydrogen-bond donors (Lipinski definition) is 0. The minimum Gasteiger partial charge on any atom is -0.494 e. The van der Waals surface area contributed by atoms with E-state index in [1.807, 2.05) is 44.2 Å². The molecule has 0 aliphatic heterocycles. The number of benzene rings is 2. The van der Waals surface area contributed by atoms with Crippen LogP contribution in [0.15, 0.2) is 53.8 Å². The van der Waals surface area contributed by atoms with E-state index < -0.39 is 0 Å². The Morgan fingerprint density at radius 3 is 2.52 bits per heavy atom. The van der Waals surface area contributed by atoms with E-state index in [0.717, 1.165) is 43.2 Å². The zero-order chi connectivity index (χ0) is 22.0. The van der Waals surface area contributed by atoms with Gasteiger partial charge >= 0.3 is 0 Å². The third-order valence-electron chi connectivity index (χ3n) is 5.25. The van der Waals surface area contributed by atoms with Gasteiger partial charge in [-0.15, -0.1) is 11.3 Å². The number of thioether (sulfide) groups is 1. The molecule has 6 heteroatoms. The molecule has 0 bridgehead atoms. The number of ether oxygens (including phenoxy) is 1. The number of rotatable bonds is 7. The predicted molar refractivity (Wildman–Crippen MR) is 130 cm³/mol. The van der Waals surface area contributed by atoms with E-state index in [4.69, 9.17) is 4.74 Å². The zero-order valence-electron chi connectivity index (χ0n) is 18.1. The van der Waals surface area contributed by atoms with Crippen molar-refractivity contribution < 1.29 is 9.53 Å². The summed E-state index contributed by atoms with van der Waals surface area (Å²) in [4.78, 5) is 23.9. The van der Waals surface area contributed by atoms with E-state index in [1.54, 1.807) is 17.7 Å². The van der Waals surface area contributed by atoms with Crippen LogP contribution in [0.25, 0.3) is 21.3 Å². The Morgan fingerprint density at radius 2 is 1.81 bits per heavy atom. The van der Waals surface area contributed by atoms with Gasteiger partial charge in [0, 0.05) is 16.0 Å². The van der Waals surface area contributed by atoms with Crippen LogP contribution < -0.4 is 4.74 Å². The summed E-state index contributed by atoms with van der Waals surface area (Å²) in [7, 11) is 0. The number of nitrogens with zero attached hydrogens (tertiary/aromatic N) is 2. The van der Waals surface area contributed by atoms with Crippen molar-refractivity contribution in [2.24, 2.45) is 0 Å². The summed E-state index contributed by atoms with van der Waals surface area (Å²) in [5.74, 6) is 1.30. The van der Waals surface area contributed by atoms with E-state index >= 15 is 0 Å². The fraction of sp³-hybridized carbons (Fsp3) is 0.240. The first-order chi connectivity index (χ1) is 15.0. The Kier molecular flexibility index (Phi) is 6.39. The van der Waals surface area contributed by atoms with E-state index in [-0.39, 0.29) is 5.78 Å². The first-order valence-corrected chi connectivity index (χ1v) is 12.0. The molecule has 0 saturated heterocycles. The quantitative estimate of drug-likeness (QED) is 0.180. The largest absolute Gasteiger partial charge is 0.494 e. The molecule has 2 heterocycles. The molecule has 0 unspecified atom stereocenters. The third kappa shape index (κ3) is 4.50. The van der Waals surface area contributed by atoms with Crippen molar-refractivity contribution in [2.75, 3.05) is 12.4 Å². The van der Waals surface area contributed by atoms with Gasteiger partial charge < -0.3 is 4.74 Å². The Hall–Kier alpha value is -2.70. The van der Waals surface area contributed by atoms with Crippen LogP contribution in [0.3, 0.4) is 0 Å². The number of aromatic nitrogens is 2. The van der Waals surface area contributed by atoms with Crippen LogP contribution in [-0.2, 0) is 0 Å². The maximum absolute atomic E-state index is 12.8. The highest BCUT2D eigenvalue weighted by atomic mass is 32.2. The topological polar surface area (TPSA) is 52.1 Å². The first kappa shape index (κ1) is 21.5. The normalized spacial score (nSPS) is 11.1. The smallest absolute Gasteiger partial charge is 0.173 e. The van der Waals surface area contributed by atoms with Gasteiger partial charge in [0.15, 0.2) is 5.78 Å². The van der Waals surface area contributed by atoms with Gasteiger partial charge in [-0.1, -0.05) is 36.0 Å². The lowest BCUT2D eigenvalue weighted by molar-refractivity contribution is 0.102. The molecule has 0 fully saturated rings. The van der Waals surface area contributed by atoms with Crippen LogP contribution in [0.5, 0.6) is 5.75 Å². The molecule has 4 nitrogen and oxygen atoms in total. The molecule has 0 aliphatic rings. The third-order valence-corrected chi connectivity index (χ3v) is 7.26. The van der Waals surface area contributed by atoms with Crippen molar-refractivity contribution >= 4 is 39.1 Å². The minimum absolute atomic E-state index is 0.106. The van der Waals surface area contributed by atoms with Gasteiger partial charge in [-0.3, -0.25) is 4.79 Å². The fourth-order valence-electron chi connectivity index (χ4n) is 3.49. The van der Waals surface area contributed by atoms with Gasteiger partial charge in [0.2, 0.25) is 0 Å². The molecule has 0 amide bonds. The van der Waals surface area contributed by atoms with Gasteiger partial charge in [0.25, 0.3) is 0 Å². The van der Waals surface area contributed by atoms with Gasteiger partial charge in [0.1, 0.15) is 21.9 Å². The molecule has 0 atom stereocenters. The Balaban J connectivity index is 1.65. The van der Waals surface area contributed by atoms with Crippen molar-refractivity contribution in [2.45, 2.75) is 32.7 Å². The highest BCUT2D eigenvalue weighted by molar-refractivity contribution is 8.00. The van der Waals surface area contributed by atoms with Crippen molar-refractivity contribution in [1.82, 2.24) is 9.97 Å². The molecule has 2 aromatic heterocycles. The standard InChI is InChI=1S/C25H24N2O2S2/c1-5-29-20-10-8-18(9-11-20)22-17(4)31-25-23(22)24(26-14-27-25)30-13-21(28)19-7-6-15(2)16(3)12-19/h6-12,14H,5,13H2,1-4H3. The van der Waals surface area contributed by atoms with E-state index in [1.165, 1.54) is 22.2 Å². The molecule has 158 valence electrons. The molecule has 0 radical (unpaired) electrons. The number of carbonyl (C=O) groups excluding carboxylic acids is 1. The van der Waals surface area contributed by atoms with Crippen molar-refractivity contribution in [3.05, 3.63) is 70.4 Å². The van der Waals surface area contributed by atoms with Crippen LogP contribution in [0.2, 0.25) is 0 Å². The average molecular weight is 449 g/mol. The summed E-state index contributed by atoms with van der Waals surface area (Å²) in [5.41, 5.74) is 5.30. The lowest BCUT2D eigenvalue weighted by Gasteiger charge is -2.08. The number of Topliss-reactive ketones (excluding diaryl/α,β-unsaturated/α-hetero) is 1. The fourth-order valence-corrected chi connectivity index (χ4v) is 5.47. The number of carbonyl (C=O) groups is 1. The molecule has 0 N–H and O–H groups in total. The molecule has 0 saturated carbocycles. The Bertz CT molecular complexity index is 1250. The summed E-state index contributed by atoms with van der Waals surface area (Å²) < 4.78 is 5.58. The zero-order valence-corrected chi connectivity index (χ0v) is 19.7. The summed E-state index contributed by atoms with van der Waals surface area (Å²) in [6.45, 7) is 8.81. The second kappa shape index (κ2) is 9.20. The number of hydrogen-bond acceptors (Lipinski definition) is 6. The number of ketones is 1. The molecule has 0 spiro atoms. The second-order valence-corrected chi connectivity index (χ2v) is 9.53. The predicted octanol–water partition coefficient (Wildman–Crippen LogP) is 6.66. The van der Waals surface area contributed by atoms with Crippen LogP contribution in [0.1, 0.15) is 33.3 Å². The lowest BCUT2D eigenvalue weighted by Crippen LogP contribution is -2.03. The molecular formula is C25H24N2O2S2. The Labute approximate surface area is 190 Å². The first-order valence-electron chi connectivity index (χ1n) is 10.2. The highest BCUT2D eigenvalue weighted by Crippen LogP contribution is 2.41. The van der Waals surface area contributed by atoms with Crippen LogP contribution in [0.4, 0.5) is 0 Å². The van der Waals surface area contributed by atoms with Gasteiger partial charge in [-0.25, -0.2) is 9.97 Å². The highest BCUT2D eigenvalue weighted by Gasteiger charge is 2.18. The minimum atomic E-state index is 0.106. The van der Waals surface area contributed by atoms with Gasteiger partial charge in [0.05, 0.1) is 17.7 Å². The molecule has 0 aliphatic carbocycles. The van der Waals surface area contributed by atoms with Crippen molar-refractivity contribution in [3.63, 3.8) is 0 Å². The van der Waals surface area contributed by atoms with E-state index in [9.17, 15) is 4.79 Å². The lowest BCUT2D eigenvalue weighted by atomic mass is 10.0. The molecule has 4 rings (SSSR count). The maximum atomic E-state index is 12.8. The van der Waals surface area contributed by atoms with E-state index in [2.05, 4.69) is 35.9 Å². The van der Waals surface area contributed by atoms with Crippen molar-refractivity contribution in [1.29, 1.82) is 0 Å². The van der Waals surface area contributed by atoms with Crippen LogP contribution in [0, 0.1) is 20.8 Å². The summed E-state index contributed by atoms with van der Waals surface area (Å²) in [5, 5.41) is 1.86. The molecule has 4 aromatic rings. The number of fused-ring (bicyclic) bond motifs is 1. The summed E-state index contributed by atoms with van der Waals surface area (Å²) >= 11 is 3.13. The van der Waals surface area contributed by atoms with Crippen LogP contribution >= 0.6 is 23.1 Å². The number of thiophene rings is 1. The second-order valence-electron chi connectivity index (χ2n) is 7.36. The maximum Gasteiger partial charge on any atom is 0.173 e. The molecule has 31 heavy (non-hydrogen) atoms.